The Morgan fingerprint density at radius 1 is 1.00 bits per heavy atom. The van der Waals surface area contributed by atoms with Gasteiger partial charge in [-0.05, 0) is 57.5 Å². The third-order valence-electron chi connectivity index (χ3n) is 6.04. The summed E-state index contributed by atoms with van der Waals surface area (Å²) in [6.45, 7) is 3.95. The maximum atomic E-state index is 12.6. The third kappa shape index (κ3) is 4.49. The largest absolute Gasteiger partial charge is 0.383 e. The highest BCUT2D eigenvalue weighted by atomic mass is 32.2. The van der Waals surface area contributed by atoms with Gasteiger partial charge in [-0.3, -0.25) is 0 Å². The summed E-state index contributed by atoms with van der Waals surface area (Å²) in [6.07, 6.45) is 9.51. The predicted molar refractivity (Wildman–Crippen MR) is 95.1 cm³/mol. The highest BCUT2D eigenvalue weighted by Gasteiger charge is 2.34. The molecular formula is C17H33N3O3S. The molecule has 0 spiro atoms. The Morgan fingerprint density at radius 3 is 2.38 bits per heavy atom. The van der Waals surface area contributed by atoms with Gasteiger partial charge in [0.2, 0.25) is 0 Å². The fourth-order valence-corrected chi connectivity index (χ4v) is 6.12. The molecule has 1 atom stereocenters. The van der Waals surface area contributed by atoms with Crippen LogP contribution in [0.3, 0.4) is 0 Å². The molecule has 1 saturated carbocycles. The number of methoxy groups -OCH3 is 1. The van der Waals surface area contributed by atoms with Crippen molar-refractivity contribution >= 4 is 10.2 Å². The molecule has 1 aliphatic carbocycles. The number of hydrogen-bond donors (Lipinski definition) is 1. The molecule has 0 aromatic rings. The molecule has 2 saturated heterocycles. The lowest BCUT2D eigenvalue weighted by atomic mass is 9.96. The molecule has 0 aromatic carbocycles. The highest BCUT2D eigenvalue weighted by Crippen LogP contribution is 2.28. The molecular weight excluding hydrogens is 326 g/mol. The SMILES string of the molecule is COCC1CCCN1S(=O)(=O)NCC1CCN(C2CCCC2)CC1. The number of rotatable bonds is 7. The van der Waals surface area contributed by atoms with Gasteiger partial charge in [0.25, 0.3) is 10.2 Å². The first-order chi connectivity index (χ1) is 11.6. The van der Waals surface area contributed by atoms with E-state index in [0.29, 0.717) is 25.6 Å². The van der Waals surface area contributed by atoms with E-state index in [2.05, 4.69) is 9.62 Å². The summed E-state index contributed by atoms with van der Waals surface area (Å²) in [5, 5.41) is 0. The van der Waals surface area contributed by atoms with Crippen LogP contribution in [0.5, 0.6) is 0 Å². The number of hydrogen-bond acceptors (Lipinski definition) is 4. The molecule has 7 heteroatoms. The molecule has 6 nitrogen and oxygen atoms in total. The topological polar surface area (TPSA) is 61.9 Å². The van der Waals surface area contributed by atoms with Gasteiger partial charge in [0.1, 0.15) is 0 Å². The van der Waals surface area contributed by atoms with Gasteiger partial charge in [0, 0.05) is 32.3 Å². The first-order valence-electron chi connectivity index (χ1n) is 9.59. The maximum absolute atomic E-state index is 12.6. The van der Waals surface area contributed by atoms with E-state index in [0.717, 1.165) is 44.8 Å². The summed E-state index contributed by atoms with van der Waals surface area (Å²) in [7, 11) is -1.74. The Morgan fingerprint density at radius 2 is 1.71 bits per heavy atom. The van der Waals surface area contributed by atoms with Gasteiger partial charge in [-0.1, -0.05) is 12.8 Å². The van der Waals surface area contributed by atoms with Crippen molar-refractivity contribution in [2.75, 3.05) is 39.9 Å². The van der Waals surface area contributed by atoms with Crippen molar-refractivity contribution in [3.05, 3.63) is 0 Å². The minimum Gasteiger partial charge on any atom is -0.383 e. The Kier molecular flexibility index (Phi) is 6.54. The second-order valence-corrected chi connectivity index (χ2v) is 9.34. The van der Waals surface area contributed by atoms with Crippen molar-refractivity contribution < 1.29 is 13.2 Å². The zero-order chi connectivity index (χ0) is 17.0. The van der Waals surface area contributed by atoms with E-state index in [1.165, 1.54) is 25.7 Å². The molecule has 3 aliphatic rings. The van der Waals surface area contributed by atoms with Gasteiger partial charge < -0.3 is 9.64 Å². The minimum atomic E-state index is -3.37. The van der Waals surface area contributed by atoms with Crippen LogP contribution >= 0.6 is 0 Å². The van der Waals surface area contributed by atoms with Crippen LogP contribution in [0.4, 0.5) is 0 Å². The second-order valence-electron chi connectivity index (χ2n) is 7.63. The predicted octanol–water partition coefficient (Wildman–Crippen LogP) is 1.59. The number of nitrogens with zero attached hydrogens (tertiary/aromatic N) is 2. The molecule has 140 valence electrons. The summed E-state index contributed by atoms with van der Waals surface area (Å²) < 4.78 is 34.8. The molecule has 3 rings (SSSR count). The maximum Gasteiger partial charge on any atom is 0.279 e. The monoisotopic (exact) mass is 359 g/mol. The molecule has 24 heavy (non-hydrogen) atoms. The van der Waals surface area contributed by atoms with E-state index < -0.39 is 10.2 Å². The Hall–Kier alpha value is -0.210. The fourth-order valence-electron chi connectivity index (χ4n) is 4.58. The second kappa shape index (κ2) is 8.45. The van der Waals surface area contributed by atoms with E-state index >= 15 is 0 Å². The van der Waals surface area contributed by atoms with Crippen LogP contribution in [0.15, 0.2) is 0 Å². The molecule has 0 aromatic heterocycles. The van der Waals surface area contributed by atoms with Crippen molar-refractivity contribution in [2.45, 2.75) is 63.5 Å². The summed E-state index contributed by atoms with van der Waals surface area (Å²) in [4.78, 5) is 2.63. The van der Waals surface area contributed by atoms with Crippen LogP contribution < -0.4 is 4.72 Å². The van der Waals surface area contributed by atoms with Crippen LogP contribution in [-0.4, -0.2) is 69.6 Å². The zero-order valence-electron chi connectivity index (χ0n) is 15.0. The summed E-state index contributed by atoms with van der Waals surface area (Å²) in [5.74, 6) is 0.473. The molecule has 1 unspecified atom stereocenters. The molecule has 0 radical (unpaired) electrons. The first kappa shape index (κ1) is 18.6. The van der Waals surface area contributed by atoms with Gasteiger partial charge in [-0.15, -0.1) is 0 Å². The van der Waals surface area contributed by atoms with Crippen molar-refractivity contribution in [3.8, 4) is 0 Å². The van der Waals surface area contributed by atoms with E-state index in [4.69, 9.17) is 4.74 Å². The zero-order valence-corrected chi connectivity index (χ0v) is 15.8. The fraction of sp³-hybridized carbons (Fsp3) is 1.00. The number of piperidine rings is 1. The Labute approximate surface area is 147 Å². The summed E-state index contributed by atoms with van der Waals surface area (Å²) in [6, 6.07) is 0.791. The van der Waals surface area contributed by atoms with Crippen LogP contribution in [0.25, 0.3) is 0 Å². The molecule has 2 aliphatic heterocycles. The van der Waals surface area contributed by atoms with Gasteiger partial charge in [-0.25, -0.2) is 4.72 Å². The van der Waals surface area contributed by atoms with Crippen molar-refractivity contribution in [1.29, 1.82) is 0 Å². The van der Waals surface area contributed by atoms with E-state index in [9.17, 15) is 8.42 Å². The average molecular weight is 360 g/mol. The normalized spacial score (nSPS) is 28.8. The molecule has 2 heterocycles. The van der Waals surface area contributed by atoms with Gasteiger partial charge in [-0.2, -0.15) is 12.7 Å². The smallest absolute Gasteiger partial charge is 0.279 e. The van der Waals surface area contributed by atoms with Crippen LogP contribution in [0.1, 0.15) is 51.4 Å². The van der Waals surface area contributed by atoms with E-state index in [-0.39, 0.29) is 6.04 Å². The minimum absolute atomic E-state index is 0.00304. The number of ether oxygens (including phenoxy) is 1. The number of likely N-dealkylation sites (tertiary alicyclic amines) is 1. The lowest BCUT2D eigenvalue weighted by molar-refractivity contribution is 0.134. The quantitative estimate of drug-likeness (QED) is 0.750. The molecule has 0 bridgehead atoms. The standard InChI is InChI=1S/C17H33N3O3S/c1-23-14-17-7-4-10-20(17)24(21,22)18-13-15-8-11-19(12-9-15)16-5-2-3-6-16/h15-18H,2-14H2,1H3. The Balaban J connectivity index is 1.44. The van der Waals surface area contributed by atoms with E-state index in [1.54, 1.807) is 11.4 Å². The van der Waals surface area contributed by atoms with Crippen molar-refractivity contribution in [3.63, 3.8) is 0 Å². The van der Waals surface area contributed by atoms with Crippen LogP contribution in [0.2, 0.25) is 0 Å². The van der Waals surface area contributed by atoms with E-state index in [1.807, 2.05) is 0 Å². The number of nitrogens with one attached hydrogen (secondary N) is 1. The highest BCUT2D eigenvalue weighted by molar-refractivity contribution is 7.87. The molecule has 1 N–H and O–H groups in total. The summed E-state index contributed by atoms with van der Waals surface area (Å²) in [5.41, 5.74) is 0. The lowest BCUT2D eigenvalue weighted by Gasteiger charge is -2.36. The summed E-state index contributed by atoms with van der Waals surface area (Å²) >= 11 is 0. The van der Waals surface area contributed by atoms with Gasteiger partial charge in [0.15, 0.2) is 0 Å². The molecule has 3 fully saturated rings. The third-order valence-corrected chi connectivity index (χ3v) is 7.67. The van der Waals surface area contributed by atoms with Crippen molar-refractivity contribution in [2.24, 2.45) is 5.92 Å². The Bertz CT molecular complexity index is 485. The van der Waals surface area contributed by atoms with Gasteiger partial charge >= 0.3 is 0 Å². The van der Waals surface area contributed by atoms with Gasteiger partial charge in [0.05, 0.1) is 6.61 Å². The molecule has 0 amide bonds. The lowest BCUT2D eigenvalue weighted by Crippen LogP contribution is -2.47. The van der Waals surface area contributed by atoms with Crippen LogP contribution in [-0.2, 0) is 14.9 Å². The first-order valence-corrected chi connectivity index (χ1v) is 11.0. The average Bonchev–Trinajstić information content (AvgIpc) is 3.26. The van der Waals surface area contributed by atoms with Crippen molar-refractivity contribution in [1.82, 2.24) is 13.9 Å². The van der Waals surface area contributed by atoms with Crippen LogP contribution in [0, 0.1) is 5.92 Å².